The number of benzene rings is 1. The Labute approximate surface area is 127 Å². The monoisotopic (exact) mass is 303 g/mol. The van der Waals surface area contributed by atoms with Crippen molar-refractivity contribution in [2.45, 2.75) is 19.9 Å². The van der Waals surface area contributed by atoms with Gasteiger partial charge in [0.05, 0.1) is 16.1 Å². The molecule has 1 aromatic carbocycles. The maximum absolute atomic E-state index is 11.8. The van der Waals surface area contributed by atoms with Crippen molar-refractivity contribution in [3.63, 3.8) is 0 Å². The van der Waals surface area contributed by atoms with Crippen molar-refractivity contribution in [3.8, 4) is 0 Å². The summed E-state index contributed by atoms with van der Waals surface area (Å²) in [6.45, 7) is 2.28. The number of rotatable bonds is 6. The van der Waals surface area contributed by atoms with Gasteiger partial charge in [-0.25, -0.2) is 0 Å². The van der Waals surface area contributed by atoms with Gasteiger partial charge in [0.2, 0.25) is 0 Å². The molecule has 0 aliphatic heterocycles. The van der Waals surface area contributed by atoms with E-state index in [2.05, 4.69) is 5.32 Å². The van der Waals surface area contributed by atoms with Crippen molar-refractivity contribution < 1.29 is 9.59 Å². The van der Waals surface area contributed by atoms with Crippen LogP contribution < -0.4 is 16.8 Å². The van der Waals surface area contributed by atoms with Crippen LogP contribution in [0.2, 0.25) is 0 Å². The molecule has 2 rings (SSSR count). The molecule has 1 aromatic heterocycles. The van der Waals surface area contributed by atoms with Gasteiger partial charge in [-0.05, 0) is 5.56 Å². The van der Waals surface area contributed by atoms with Crippen molar-refractivity contribution in [1.29, 1.82) is 0 Å². The molecule has 0 saturated carbocycles. The molecule has 0 aliphatic rings. The van der Waals surface area contributed by atoms with Crippen molar-refractivity contribution in [2.24, 2.45) is 5.73 Å². The highest BCUT2D eigenvalue weighted by atomic mass is 32.1. The van der Waals surface area contributed by atoms with Gasteiger partial charge in [-0.2, -0.15) is 0 Å². The van der Waals surface area contributed by atoms with E-state index in [0.717, 1.165) is 5.56 Å². The number of nitrogens with two attached hydrogens (primary N) is 2. The number of thiophene rings is 1. The number of nitrogen functional groups attached to an aromatic ring is 1. The fourth-order valence-corrected chi connectivity index (χ4v) is 3.09. The average Bonchev–Trinajstić information content (AvgIpc) is 2.82. The first kappa shape index (κ1) is 15.1. The Morgan fingerprint density at radius 2 is 1.90 bits per heavy atom. The van der Waals surface area contributed by atoms with Crippen LogP contribution >= 0.6 is 11.3 Å². The lowest BCUT2D eigenvalue weighted by Gasteiger charge is -2.05. The summed E-state index contributed by atoms with van der Waals surface area (Å²) in [5.41, 5.74) is 12.7. The Bertz CT molecular complexity index is 665. The molecule has 0 unspecified atom stereocenters. The van der Waals surface area contributed by atoms with Crippen LogP contribution in [0.3, 0.4) is 0 Å². The highest BCUT2D eigenvalue weighted by molar-refractivity contribution is 7.19. The van der Waals surface area contributed by atoms with Crippen LogP contribution in [0.4, 0.5) is 10.7 Å². The Kier molecular flexibility index (Phi) is 4.59. The normalized spacial score (nSPS) is 10.3. The fourth-order valence-electron chi connectivity index (χ4n) is 1.96. The molecule has 21 heavy (non-hydrogen) atoms. The third-order valence-electron chi connectivity index (χ3n) is 3.06. The number of amides is 1. The molecule has 110 valence electrons. The summed E-state index contributed by atoms with van der Waals surface area (Å²) < 4.78 is 0. The number of Topliss-reactive ketones (excluding diaryl/α,β-unsaturated/α-hetero) is 1. The predicted molar refractivity (Wildman–Crippen MR) is 85.6 cm³/mol. The molecule has 1 amide bonds. The van der Waals surface area contributed by atoms with E-state index >= 15 is 0 Å². The molecule has 0 aliphatic carbocycles. The Morgan fingerprint density at radius 1 is 1.24 bits per heavy atom. The van der Waals surface area contributed by atoms with Gasteiger partial charge in [-0.3, -0.25) is 9.59 Å². The minimum atomic E-state index is -0.630. The maximum atomic E-state index is 11.8. The van der Waals surface area contributed by atoms with Crippen LogP contribution in [0.1, 0.15) is 38.9 Å². The lowest BCUT2D eigenvalue weighted by molar-refractivity contribution is 0.0991. The number of carbonyl (C=O) groups is 2. The smallest absolute Gasteiger partial charge is 0.253 e. The quantitative estimate of drug-likeness (QED) is 0.714. The summed E-state index contributed by atoms with van der Waals surface area (Å²) in [5.74, 6) is -0.720. The molecule has 0 atom stereocenters. The second kappa shape index (κ2) is 6.41. The van der Waals surface area contributed by atoms with Crippen LogP contribution in [-0.4, -0.2) is 11.7 Å². The Hall–Kier alpha value is -2.34. The number of anilines is 2. The second-order valence-electron chi connectivity index (χ2n) is 4.53. The van der Waals surface area contributed by atoms with E-state index in [-0.39, 0.29) is 17.0 Å². The van der Waals surface area contributed by atoms with Gasteiger partial charge >= 0.3 is 0 Å². The zero-order valence-electron chi connectivity index (χ0n) is 11.7. The molecule has 2 aromatic rings. The first-order valence-electron chi connectivity index (χ1n) is 6.57. The largest absolute Gasteiger partial charge is 0.397 e. The Morgan fingerprint density at radius 3 is 2.48 bits per heavy atom. The highest BCUT2D eigenvalue weighted by Crippen LogP contribution is 2.36. The molecule has 5 N–H and O–H groups in total. The number of nitrogens with one attached hydrogen (secondary N) is 1. The zero-order chi connectivity index (χ0) is 15.4. The molecule has 0 bridgehead atoms. The molecule has 0 radical (unpaired) electrons. The van der Waals surface area contributed by atoms with E-state index < -0.39 is 5.91 Å². The lowest BCUT2D eigenvalue weighted by atomic mass is 10.1. The fraction of sp³-hybridized carbons (Fsp3) is 0.200. The zero-order valence-corrected chi connectivity index (χ0v) is 12.5. The minimum absolute atomic E-state index is 0.0900. The van der Waals surface area contributed by atoms with E-state index in [0.29, 0.717) is 22.8 Å². The van der Waals surface area contributed by atoms with E-state index in [1.807, 2.05) is 30.3 Å². The lowest BCUT2D eigenvalue weighted by Crippen LogP contribution is -2.15. The number of carbonyl (C=O) groups excluding carboxylic acids is 2. The van der Waals surface area contributed by atoms with E-state index in [4.69, 9.17) is 11.5 Å². The summed E-state index contributed by atoms with van der Waals surface area (Å²) >= 11 is 1.18. The molecule has 0 spiro atoms. The summed E-state index contributed by atoms with van der Waals surface area (Å²) in [4.78, 5) is 23.8. The number of primary amides is 1. The predicted octanol–water partition coefficient (Wildman–Crippen LogP) is 2.63. The third kappa shape index (κ3) is 3.22. The van der Waals surface area contributed by atoms with Crippen LogP contribution in [0.25, 0.3) is 0 Å². The third-order valence-corrected chi connectivity index (χ3v) is 4.27. The molecular formula is C15H17N3O2S. The van der Waals surface area contributed by atoms with Gasteiger partial charge in [0, 0.05) is 13.0 Å². The molecule has 6 heteroatoms. The first-order chi connectivity index (χ1) is 10.0. The van der Waals surface area contributed by atoms with Crippen LogP contribution in [-0.2, 0) is 6.54 Å². The Balaban J connectivity index is 2.30. The minimum Gasteiger partial charge on any atom is -0.397 e. The maximum Gasteiger partial charge on any atom is 0.253 e. The summed E-state index contributed by atoms with van der Waals surface area (Å²) in [7, 11) is 0. The van der Waals surface area contributed by atoms with Gasteiger partial charge < -0.3 is 16.8 Å². The van der Waals surface area contributed by atoms with Gasteiger partial charge in [0.1, 0.15) is 5.00 Å². The van der Waals surface area contributed by atoms with Crippen molar-refractivity contribution in [2.75, 3.05) is 11.1 Å². The van der Waals surface area contributed by atoms with E-state index in [1.54, 1.807) is 6.92 Å². The summed E-state index contributed by atoms with van der Waals surface area (Å²) in [5, 5.41) is 3.68. The van der Waals surface area contributed by atoms with Gasteiger partial charge in [0.25, 0.3) is 5.91 Å². The number of ketones is 1. The standard InChI is InChI=1S/C15H17N3O2S/c1-2-10(19)13-12(16)11(14(17)20)15(21-13)18-8-9-6-4-3-5-7-9/h3-7,18H,2,8,16H2,1H3,(H2,17,20). The van der Waals surface area contributed by atoms with E-state index in [9.17, 15) is 9.59 Å². The highest BCUT2D eigenvalue weighted by Gasteiger charge is 2.23. The molecule has 0 saturated heterocycles. The molecular weight excluding hydrogens is 286 g/mol. The van der Waals surface area contributed by atoms with Crippen molar-refractivity contribution in [3.05, 3.63) is 46.3 Å². The van der Waals surface area contributed by atoms with E-state index in [1.165, 1.54) is 11.3 Å². The molecule has 1 heterocycles. The number of hydrogen-bond donors (Lipinski definition) is 3. The summed E-state index contributed by atoms with van der Waals surface area (Å²) in [6.07, 6.45) is 0.334. The SMILES string of the molecule is CCC(=O)c1sc(NCc2ccccc2)c(C(N)=O)c1N. The topological polar surface area (TPSA) is 98.2 Å². The number of hydrogen-bond acceptors (Lipinski definition) is 5. The molecule has 0 fully saturated rings. The second-order valence-corrected chi connectivity index (χ2v) is 5.55. The van der Waals surface area contributed by atoms with Crippen molar-refractivity contribution >= 4 is 33.7 Å². The van der Waals surface area contributed by atoms with Crippen LogP contribution in [0.15, 0.2) is 30.3 Å². The van der Waals surface area contributed by atoms with Gasteiger partial charge in [-0.1, -0.05) is 37.3 Å². The summed E-state index contributed by atoms with van der Waals surface area (Å²) in [6, 6.07) is 9.72. The van der Waals surface area contributed by atoms with Gasteiger partial charge in [0.15, 0.2) is 5.78 Å². The van der Waals surface area contributed by atoms with Crippen LogP contribution in [0, 0.1) is 0 Å². The first-order valence-corrected chi connectivity index (χ1v) is 7.39. The van der Waals surface area contributed by atoms with Gasteiger partial charge in [-0.15, -0.1) is 11.3 Å². The average molecular weight is 303 g/mol. The van der Waals surface area contributed by atoms with Crippen LogP contribution in [0.5, 0.6) is 0 Å². The molecule has 5 nitrogen and oxygen atoms in total. The van der Waals surface area contributed by atoms with Crippen molar-refractivity contribution in [1.82, 2.24) is 0 Å².